The Bertz CT molecular complexity index is 715. The predicted octanol–water partition coefficient (Wildman–Crippen LogP) is 2.94. The van der Waals surface area contributed by atoms with Crippen molar-refractivity contribution in [1.82, 2.24) is 0 Å². The lowest BCUT2D eigenvalue weighted by molar-refractivity contribution is -0.146. The van der Waals surface area contributed by atoms with Gasteiger partial charge < -0.3 is 29.0 Å². The number of carbonyl (C=O) groups is 2. The summed E-state index contributed by atoms with van der Waals surface area (Å²) in [5.41, 5.74) is 0.236. The van der Waals surface area contributed by atoms with Crippen LogP contribution in [0.1, 0.15) is 20.8 Å². The molecule has 0 aromatic heterocycles. The zero-order valence-electron chi connectivity index (χ0n) is 16.1. The minimum atomic E-state index is -0.783. The number of ether oxygens (including phenoxy) is 5. The molecule has 0 radical (unpaired) electrons. The lowest BCUT2D eigenvalue weighted by Crippen LogP contribution is -2.33. The molecule has 1 atom stereocenters. The molecule has 1 heterocycles. The number of rotatable bonds is 9. The van der Waals surface area contributed by atoms with Crippen molar-refractivity contribution >= 4 is 29.2 Å². The molecule has 0 spiro atoms. The molecule has 0 saturated carbocycles. The first-order valence-corrected chi connectivity index (χ1v) is 9.39. The van der Waals surface area contributed by atoms with Gasteiger partial charge in [0.05, 0.1) is 24.8 Å². The van der Waals surface area contributed by atoms with Gasteiger partial charge in [-0.25, -0.2) is 9.59 Å². The molecule has 0 bridgehead atoms. The highest BCUT2D eigenvalue weighted by Gasteiger charge is 2.25. The minimum absolute atomic E-state index is 0.132. The summed E-state index contributed by atoms with van der Waals surface area (Å²) >= 11 is 6.26. The Balaban J connectivity index is 2.20. The average molecular weight is 414 g/mol. The summed E-state index contributed by atoms with van der Waals surface area (Å²) in [5.74, 6) is -0.698. The van der Waals surface area contributed by atoms with Crippen LogP contribution in [0.3, 0.4) is 0 Å². The first-order chi connectivity index (χ1) is 13.5. The number of benzene rings is 1. The predicted molar refractivity (Wildman–Crippen MR) is 103 cm³/mol. The van der Waals surface area contributed by atoms with E-state index in [0.29, 0.717) is 42.0 Å². The normalized spacial score (nSPS) is 14.8. The molecule has 8 nitrogen and oxygen atoms in total. The van der Waals surface area contributed by atoms with Gasteiger partial charge in [0.25, 0.3) is 0 Å². The smallest absolute Gasteiger partial charge is 0.347 e. The van der Waals surface area contributed by atoms with Gasteiger partial charge in [0.1, 0.15) is 6.61 Å². The van der Waals surface area contributed by atoms with Crippen LogP contribution in [0.2, 0.25) is 5.02 Å². The Morgan fingerprint density at radius 3 is 2.46 bits per heavy atom. The lowest BCUT2D eigenvalue weighted by atomic mass is 10.2. The number of halogens is 1. The summed E-state index contributed by atoms with van der Waals surface area (Å²) in [7, 11) is 0. The Hall–Kier alpha value is -2.45. The fourth-order valence-electron chi connectivity index (χ4n) is 2.37. The Morgan fingerprint density at radius 1 is 1.18 bits per heavy atom. The number of hydrogen-bond acceptors (Lipinski definition) is 8. The molecule has 9 heteroatoms. The number of hydrogen-bond donors (Lipinski definition) is 1. The van der Waals surface area contributed by atoms with Gasteiger partial charge >= 0.3 is 11.9 Å². The first kappa shape index (κ1) is 21.8. The van der Waals surface area contributed by atoms with Crippen LogP contribution in [0.5, 0.6) is 11.5 Å². The maximum atomic E-state index is 12.0. The average Bonchev–Trinajstić information content (AvgIpc) is 2.66. The van der Waals surface area contributed by atoms with E-state index in [9.17, 15) is 9.59 Å². The largest absolute Gasteiger partial charge is 0.484 e. The van der Waals surface area contributed by atoms with Crippen LogP contribution in [0, 0.1) is 0 Å². The van der Waals surface area contributed by atoms with Crippen molar-refractivity contribution in [1.29, 1.82) is 0 Å². The third kappa shape index (κ3) is 5.77. The van der Waals surface area contributed by atoms with E-state index in [1.54, 1.807) is 26.0 Å². The molecule has 0 aliphatic carbocycles. The zero-order chi connectivity index (χ0) is 20.5. The van der Waals surface area contributed by atoms with E-state index in [1.165, 1.54) is 6.20 Å². The van der Waals surface area contributed by atoms with Crippen molar-refractivity contribution in [3.05, 3.63) is 28.9 Å². The molecule has 1 unspecified atom stereocenters. The summed E-state index contributed by atoms with van der Waals surface area (Å²) in [5, 5.41) is 3.19. The third-order valence-corrected chi connectivity index (χ3v) is 3.88. The SMILES string of the molecule is CCOCC1COc2c(Cl)cc(NC=C(C(=O)OCC)C(=O)OCC)cc2O1. The lowest BCUT2D eigenvalue weighted by Gasteiger charge is -2.27. The highest BCUT2D eigenvalue weighted by molar-refractivity contribution is 6.32. The molecule has 1 aliphatic heterocycles. The van der Waals surface area contributed by atoms with E-state index in [-0.39, 0.29) is 24.9 Å². The van der Waals surface area contributed by atoms with Crippen LogP contribution < -0.4 is 14.8 Å². The van der Waals surface area contributed by atoms with Gasteiger partial charge in [-0.05, 0) is 26.8 Å². The van der Waals surface area contributed by atoms with Gasteiger partial charge in [-0.3, -0.25) is 0 Å². The van der Waals surface area contributed by atoms with E-state index in [0.717, 1.165) is 0 Å². The third-order valence-electron chi connectivity index (χ3n) is 3.60. The highest BCUT2D eigenvalue weighted by atomic mass is 35.5. The summed E-state index contributed by atoms with van der Waals surface area (Å²) in [4.78, 5) is 24.0. The van der Waals surface area contributed by atoms with Crippen molar-refractivity contribution in [2.24, 2.45) is 0 Å². The van der Waals surface area contributed by atoms with Crippen LogP contribution in [0.4, 0.5) is 5.69 Å². The Morgan fingerprint density at radius 2 is 1.86 bits per heavy atom. The number of esters is 2. The number of fused-ring (bicyclic) bond motifs is 1. The fourth-order valence-corrected chi connectivity index (χ4v) is 2.64. The van der Waals surface area contributed by atoms with Crippen LogP contribution in [0.15, 0.2) is 23.9 Å². The van der Waals surface area contributed by atoms with Crippen LogP contribution in [-0.4, -0.2) is 51.1 Å². The second-order valence-electron chi connectivity index (χ2n) is 5.64. The topological polar surface area (TPSA) is 92.3 Å². The molecule has 0 fully saturated rings. The summed E-state index contributed by atoms with van der Waals surface area (Å²) in [6.45, 7) is 6.74. The maximum absolute atomic E-state index is 12.0. The van der Waals surface area contributed by atoms with E-state index in [4.69, 9.17) is 35.3 Å². The van der Waals surface area contributed by atoms with Crippen LogP contribution in [-0.2, 0) is 23.8 Å². The van der Waals surface area contributed by atoms with Gasteiger partial charge in [-0.1, -0.05) is 11.6 Å². The molecule has 1 aliphatic rings. The van der Waals surface area contributed by atoms with Crippen molar-refractivity contribution < 1.29 is 33.3 Å². The van der Waals surface area contributed by atoms with Gasteiger partial charge in [0.2, 0.25) is 0 Å². The van der Waals surface area contributed by atoms with E-state index < -0.39 is 11.9 Å². The van der Waals surface area contributed by atoms with Crippen LogP contribution >= 0.6 is 11.6 Å². The zero-order valence-corrected chi connectivity index (χ0v) is 16.8. The molecule has 0 saturated heterocycles. The number of anilines is 1. The minimum Gasteiger partial charge on any atom is -0.484 e. The highest BCUT2D eigenvalue weighted by Crippen LogP contribution is 2.41. The Labute approximate surface area is 168 Å². The summed E-state index contributed by atoms with van der Waals surface area (Å²) in [6.07, 6.45) is 0.957. The number of carbonyl (C=O) groups excluding carboxylic acids is 2. The van der Waals surface area contributed by atoms with Crippen LogP contribution in [0.25, 0.3) is 0 Å². The van der Waals surface area contributed by atoms with Crippen molar-refractivity contribution in [2.75, 3.05) is 38.4 Å². The van der Waals surface area contributed by atoms with E-state index in [2.05, 4.69) is 5.32 Å². The summed E-state index contributed by atoms with van der Waals surface area (Å²) < 4.78 is 26.7. The van der Waals surface area contributed by atoms with Gasteiger partial charge in [-0.15, -0.1) is 0 Å². The summed E-state index contributed by atoms with van der Waals surface area (Å²) in [6, 6.07) is 3.25. The van der Waals surface area contributed by atoms with Crippen molar-refractivity contribution in [3.63, 3.8) is 0 Å². The fraction of sp³-hybridized carbons (Fsp3) is 0.474. The molecule has 1 N–H and O–H groups in total. The molecular formula is C19H24ClNO7. The Kier molecular flexibility index (Phi) is 8.41. The molecular weight excluding hydrogens is 390 g/mol. The monoisotopic (exact) mass is 413 g/mol. The quantitative estimate of drug-likeness (QED) is 0.286. The maximum Gasteiger partial charge on any atom is 0.347 e. The van der Waals surface area contributed by atoms with Crippen molar-refractivity contribution in [3.8, 4) is 11.5 Å². The second-order valence-corrected chi connectivity index (χ2v) is 6.05. The van der Waals surface area contributed by atoms with Gasteiger partial charge in [0.15, 0.2) is 23.2 Å². The van der Waals surface area contributed by atoms with E-state index in [1.807, 2.05) is 6.92 Å². The molecule has 0 amide bonds. The first-order valence-electron chi connectivity index (χ1n) is 9.01. The van der Waals surface area contributed by atoms with Gasteiger partial charge in [0, 0.05) is 24.6 Å². The van der Waals surface area contributed by atoms with Gasteiger partial charge in [-0.2, -0.15) is 0 Å². The molecule has 28 heavy (non-hydrogen) atoms. The molecule has 1 aromatic carbocycles. The van der Waals surface area contributed by atoms with Crippen molar-refractivity contribution in [2.45, 2.75) is 26.9 Å². The standard InChI is InChI=1S/C19H24ClNO7/c1-4-24-10-13-11-27-17-15(20)7-12(8-16(17)28-13)21-9-14(18(22)25-5-2)19(23)26-6-3/h7-9,13,21H,4-6,10-11H2,1-3H3. The second kappa shape index (κ2) is 10.8. The molecule has 2 rings (SSSR count). The van der Waals surface area contributed by atoms with E-state index >= 15 is 0 Å². The molecule has 154 valence electrons. The number of nitrogens with one attached hydrogen (secondary N) is 1. The molecule has 1 aromatic rings.